The maximum atomic E-state index is 5.55. The molecule has 1 aromatic rings. The van der Waals surface area contributed by atoms with E-state index in [-0.39, 0.29) is 6.10 Å². The molecule has 1 unspecified atom stereocenters. The van der Waals surface area contributed by atoms with E-state index in [9.17, 15) is 0 Å². The second-order valence-corrected chi connectivity index (χ2v) is 6.47. The van der Waals surface area contributed by atoms with Crippen molar-refractivity contribution in [3.63, 3.8) is 0 Å². The third-order valence-electron chi connectivity index (χ3n) is 4.56. The molecule has 2 aliphatic heterocycles. The molecule has 0 radical (unpaired) electrons. The molecule has 0 spiro atoms. The highest BCUT2D eigenvalue weighted by Crippen LogP contribution is 2.27. The zero-order valence-electron chi connectivity index (χ0n) is 13.1. The van der Waals surface area contributed by atoms with Crippen molar-refractivity contribution in [2.75, 3.05) is 24.5 Å². The van der Waals surface area contributed by atoms with Crippen molar-refractivity contribution < 1.29 is 4.74 Å². The molecule has 3 heterocycles. The van der Waals surface area contributed by atoms with E-state index in [2.05, 4.69) is 25.4 Å². The molecule has 0 bridgehead atoms. The quantitative estimate of drug-likeness (QED) is 0.865. The minimum Gasteiger partial charge on any atom is -0.371 e. The highest BCUT2D eigenvalue weighted by molar-refractivity contribution is 5.29. The lowest BCUT2D eigenvalue weighted by molar-refractivity contribution is 0.0615. The van der Waals surface area contributed by atoms with Gasteiger partial charge in [-0.3, -0.25) is 5.10 Å². The second-order valence-electron chi connectivity index (χ2n) is 6.47. The molecule has 3 rings (SSSR count). The standard InChI is InChI=1S/C15H27N5O/c1-11(2)21-10-14-17-15(19-18-14)20-8-5-12(6-9-20)13-4-3-7-16-13/h11-13,16H,3-10H2,1-2H3,(H,17,18,19). The van der Waals surface area contributed by atoms with Crippen LogP contribution in [0.1, 0.15) is 45.4 Å². The normalized spacial score (nSPS) is 24.1. The van der Waals surface area contributed by atoms with Crippen LogP contribution in [0.5, 0.6) is 0 Å². The van der Waals surface area contributed by atoms with Crippen molar-refractivity contribution in [2.24, 2.45) is 5.92 Å². The first kappa shape index (κ1) is 14.8. The lowest BCUT2D eigenvalue weighted by Crippen LogP contribution is -2.41. The summed E-state index contributed by atoms with van der Waals surface area (Å²) in [6.07, 6.45) is 5.38. The number of H-pyrrole nitrogens is 1. The van der Waals surface area contributed by atoms with Gasteiger partial charge >= 0.3 is 0 Å². The van der Waals surface area contributed by atoms with Crippen LogP contribution >= 0.6 is 0 Å². The monoisotopic (exact) mass is 293 g/mol. The summed E-state index contributed by atoms with van der Waals surface area (Å²) in [5.74, 6) is 2.47. The summed E-state index contributed by atoms with van der Waals surface area (Å²) in [5.41, 5.74) is 0. The SMILES string of the molecule is CC(C)OCc1nc(N2CCC(C3CCCN3)CC2)n[nH]1. The first-order valence-corrected chi connectivity index (χ1v) is 8.23. The number of anilines is 1. The van der Waals surface area contributed by atoms with Crippen molar-refractivity contribution in [1.82, 2.24) is 20.5 Å². The van der Waals surface area contributed by atoms with E-state index < -0.39 is 0 Å². The van der Waals surface area contributed by atoms with Crippen molar-refractivity contribution in [3.8, 4) is 0 Å². The van der Waals surface area contributed by atoms with Gasteiger partial charge in [-0.15, -0.1) is 5.10 Å². The lowest BCUT2D eigenvalue weighted by Gasteiger charge is -2.34. The number of hydrogen-bond donors (Lipinski definition) is 2. The molecule has 2 N–H and O–H groups in total. The fourth-order valence-electron chi connectivity index (χ4n) is 3.35. The van der Waals surface area contributed by atoms with Crippen LogP contribution in [0.3, 0.4) is 0 Å². The van der Waals surface area contributed by atoms with E-state index in [1.807, 2.05) is 13.8 Å². The van der Waals surface area contributed by atoms with Crippen LogP contribution in [-0.4, -0.2) is 47.0 Å². The number of nitrogens with one attached hydrogen (secondary N) is 2. The number of piperidine rings is 1. The molecule has 1 aromatic heterocycles. The molecule has 0 amide bonds. The Bertz CT molecular complexity index is 433. The molecule has 1 atom stereocenters. The van der Waals surface area contributed by atoms with Gasteiger partial charge in [0, 0.05) is 19.1 Å². The summed E-state index contributed by atoms with van der Waals surface area (Å²) in [5, 5.41) is 11.0. The average Bonchev–Trinajstić information content (AvgIpc) is 3.17. The largest absolute Gasteiger partial charge is 0.371 e. The minimum absolute atomic E-state index is 0.216. The molecule has 0 aromatic carbocycles. The van der Waals surface area contributed by atoms with Crippen molar-refractivity contribution >= 4 is 5.95 Å². The van der Waals surface area contributed by atoms with Crippen molar-refractivity contribution in [1.29, 1.82) is 0 Å². The number of aromatic amines is 1. The Morgan fingerprint density at radius 2 is 2.10 bits per heavy atom. The Morgan fingerprint density at radius 1 is 1.29 bits per heavy atom. The van der Waals surface area contributed by atoms with Crippen LogP contribution in [-0.2, 0) is 11.3 Å². The van der Waals surface area contributed by atoms with Gasteiger partial charge in [0.05, 0.1) is 6.10 Å². The van der Waals surface area contributed by atoms with Crippen LogP contribution in [0.25, 0.3) is 0 Å². The molecule has 2 saturated heterocycles. The molecule has 2 fully saturated rings. The molecule has 118 valence electrons. The highest BCUT2D eigenvalue weighted by Gasteiger charge is 2.29. The third kappa shape index (κ3) is 3.74. The molecule has 6 heteroatoms. The molecular weight excluding hydrogens is 266 g/mol. The Kier molecular flexibility index (Phi) is 4.75. The number of ether oxygens (including phenoxy) is 1. The summed E-state index contributed by atoms with van der Waals surface area (Å²) < 4.78 is 5.55. The third-order valence-corrected chi connectivity index (χ3v) is 4.56. The Labute approximate surface area is 126 Å². The predicted octanol–water partition coefficient (Wildman–Crippen LogP) is 1.70. The van der Waals surface area contributed by atoms with Gasteiger partial charge in [0.2, 0.25) is 5.95 Å². The smallest absolute Gasteiger partial charge is 0.244 e. The van der Waals surface area contributed by atoms with Gasteiger partial charge in [-0.2, -0.15) is 4.98 Å². The molecule has 0 saturated carbocycles. The fourth-order valence-corrected chi connectivity index (χ4v) is 3.35. The first-order chi connectivity index (χ1) is 10.2. The molecule has 6 nitrogen and oxygen atoms in total. The summed E-state index contributed by atoms with van der Waals surface area (Å²) >= 11 is 0. The molecule has 21 heavy (non-hydrogen) atoms. The minimum atomic E-state index is 0.216. The van der Waals surface area contributed by atoms with E-state index >= 15 is 0 Å². The van der Waals surface area contributed by atoms with Crippen LogP contribution in [0.4, 0.5) is 5.95 Å². The zero-order chi connectivity index (χ0) is 14.7. The average molecular weight is 293 g/mol. The summed E-state index contributed by atoms with van der Waals surface area (Å²) in [6.45, 7) is 7.88. The van der Waals surface area contributed by atoms with Gasteiger partial charge in [-0.1, -0.05) is 0 Å². The number of rotatable bonds is 5. The topological polar surface area (TPSA) is 66.1 Å². The summed E-state index contributed by atoms with van der Waals surface area (Å²) in [7, 11) is 0. The number of hydrogen-bond acceptors (Lipinski definition) is 5. The molecule has 2 aliphatic rings. The highest BCUT2D eigenvalue weighted by atomic mass is 16.5. The van der Waals surface area contributed by atoms with Gasteiger partial charge in [0.15, 0.2) is 5.82 Å². The first-order valence-electron chi connectivity index (χ1n) is 8.23. The van der Waals surface area contributed by atoms with E-state index in [0.29, 0.717) is 6.61 Å². The van der Waals surface area contributed by atoms with Crippen LogP contribution < -0.4 is 10.2 Å². The molecule has 0 aliphatic carbocycles. The maximum absolute atomic E-state index is 5.55. The number of nitrogens with zero attached hydrogens (tertiary/aromatic N) is 3. The van der Waals surface area contributed by atoms with Gasteiger partial charge in [-0.25, -0.2) is 0 Å². The second kappa shape index (κ2) is 6.75. The van der Waals surface area contributed by atoms with Gasteiger partial charge in [-0.05, 0) is 52.0 Å². The van der Waals surface area contributed by atoms with E-state index in [0.717, 1.165) is 36.8 Å². The van der Waals surface area contributed by atoms with Gasteiger partial charge in [0.1, 0.15) is 6.61 Å². The van der Waals surface area contributed by atoms with Crippen LogP contribution in [0.2, 0.25) is 0 Å². The van der Waals surface area contributed by atoms with Crippen molar-refractivity contribution in [3.05, 3.63) is 5.82 Å². The number of aromatic nitrogens is 3. The van der Waals surface area contributed by atoms with Crippen molar-refractivity contribution in [2.45, 2.75) is 58.3 Å². The summed E-state index contributed by atoms with van der Waals surface area (Å²) in [4.78, 5) is 6.84. The van der Waals surface area contributed by atoms with E-state index in [1.54, 1.807) is 0 Å². The zero-order valence-corrected chi connectivity index (χ0v) is 13.1. The summed E-state index contributed by atoms with van der Waals surface area (Å²) in [6, 6.07) is 0.745. The van der Waals surface area contributed by atoms with E-state index in [1.165, 1.54) is 32.2 Å². The Balaban J connectivity index is 1.49. The Morgan fingerprint density at radius 3 is 2.76 bits per heavy atom. The fraction of sp³-hybridized carbons (Fsp3) is 0.867. The lowest BCUT2D eigenvalue weighted by atomic mass is 9.89. The van der Waals surface area contributed by atoms with Gasteiger partial charge < -0.3 is 15.0 Å². The predicted molar refractivity (Wildman–Crippen MR) is 82.3 cm³/mol. The Hall–Kier alpha value is -1.14. The van der Waals surface area contributed by atoms with Crippen LogP contribution in [0.15, 0.2) is 0 Å². The van der Waals surface area contributed by atoms with Gasteiger partial charge in [0.25, 0.3) is 0 Å². The van der Waals surface area contributed by atoms with E-state index in [4.69, 9.17) is 4.74 Å². The molecular formula is C15H27N5O. The maximum Gasteiger partial charge on any atom is 0.244 e. The van der Waals surface area contributed by atoms with Crippen LogP contribution in [0, 0.1) is 5.92 Å².